The number of hydrogen-bond donors (Lipinski definition) is 1. The van der Waals surface area contributed by atoms with Gasteiger partial charge in [0, 0.05) is 12.3 Å². The van der Waals surface area contributed by atoms with Crippen LogP contribution >= 0.6 is 0 Å². The van der Waals surface area contributed by atoms with Gasteiger partial charge in [-0.05, 0) is 23.6 Å². The third-order valence-corrected chi connectivity index (χ3v) is 5.25. The lowest BCUT2D eigenvalue weighted by atomic mass is 9.85. The molecule has 0 unspecified atom stereocenters. The highest BCUT2D eigenvalue weighted by Gasteiger charge is 2.34. The first kappa shape index (κ1) is 19.0. The normalized spacial score (nSPS) is 15.7. The minimum absolute atomic E-state index is 0.117. The van der Waals surface area contributed by atoms with Crippen LogP contribution in [-0.2, 0) is 6.54 Å². The Bertz CT molecular complexity index is 1180. The largest absolute Gasteiger partial charge is 0.477 e. The van der Waals surface area contributed by atoms with Crippen molar-refractivity contribution in [3.8, 4) is 22.6 Å². The number of aromatic nitrogens is 3. The fraction of sp³-hybridized carbons (Fsp3) is 0.286. The van der Waals surface area contributed by atoms with Crippen LogP contribution in [-0.4, -0.2) is 25.4 Å². The number of rotatable bonds is 2. The molecule has 2 aromatic heterocycles. The molecule has 0 bridgehead atoms. The van der Waals surface area contributed by atoms with Gasteiger partial charge < -0.3 is 9.67 Å². The number of benzene rings is 1. The van der Waals surface area contributed by atoms with Crippen LogP contribution in [0.4, 0.5) is 8.78 Å². The van der Waals surface area contributed by atoms with Gasteiger partial charge in [-0.2, -0.15) is 5.10 Å². The summed E-state index contributed by atoms with van der Waals surface area (Å²) in [5, 5.41) is 13.7. The van der Waals surface area contributed by atoms with E-state index in [1.54, 1.807) is 9.25 Å². The third kappa shape index (κ3) is 3.04. The second-order valence-corrected chi connectivity index (χ2v) is 8.22. The number of carboxylic acid groups (broad SMARTS) is 1. The average molecular weight is 399 g/mol. The summed E-state index contributed by atoms with van der Waals surface area (Å²) in [6, 6.07) is 6.14. The first-order chi connectivity index (χ1) is 13.6. The Morgan fingerprint density at radius 2 is 1.83 bits per heavy atom. The molecule has 0 saturated carbocycles. The smallest absolute Gasteiger partial charge is 0.341 e. The highest BCUT2D eigenvalue weighted by Crippen LogP contribution is 2.40. The van der Waals surface area contributed by atoms with Gasteiger partial charge in [0.25, 0.3) is 0 Å². The molecule has 3 aromatic rings. The minimum atomic E-state index is -1.30. The highest BCUT2D eigenvalue weighted by molar-refractivity contribution is 5.87. The van der Waals surface area contributed by atoms with Crippen LogP contribution in [0.1, 0.15) is 37.2 Å². The molecule has 4 rings (SSSR count). The van der Waals surface area contributed by atoms with Crippen molar-refractivity contribution in [3.05, 3.63) is 63.9 Å². The van der Waals surface area contributed by atoms with E-state index in [1.165, 1.54) is 24.4 Å². The zero-order chi connectivity index (χ0) is 21.1. The van der Waals surface area contributed by atoms with Gasteiger partial charge in [0.1, 0.15) is 17.2 Å². The Labute approximate surface area is 165 Å². The summed E-state index contributed by atoms with van der Waals surface area (Å²) in [5.74, 6) is -2.76. The molecule has 0 saturated heterocycles. The summed E-state index contributed by atoms with van der Waals surface area (Å²) < 4.78 is 31.9. The van der Waals surface area contributed by atoms with E-state index in [2.05, 4.69) is 5.10 Å². The monoisotopic (exact) mass is 399 g/mol. The number of fused-ring (bicyclic) bond motifs is 3. The number of nitrogens with zero attached hydrogens (tertiary/aromatic N) is 3. The van der Waals surface area contributed by atoms with Crippen LogP contribution in [0.5, 0.6) is 0 Å². The van der Waals surface area contributed by atoms with Gasteiger partial charge in [0.15, 0.2) is 5.43 Å². The molecule has 3 heterocycles. The van der Waals surface area contributed by atoms with E-state index in [-0.39, 0.29) is 28.3 Å². The summed E-state index contributed by atoms with van der Waals surface area (Å²) in [6.07, 6.45) is 1.34. The van der Waals surface area contributed by atoms with Gasteiger partial charge in [-0.15, -0.1) is 0 Å². The van der Waals surface area contributed by atoms with Crippen molar-refractivity contribution >= 4 is 5.97 Å². The van der Waals surface area contributed by atoms with Crippen LogP contribution in [0.3, 0.4) is 0 Å². The van der Waals surface area contributed by atoms with Gasteiger partial charge in [0.2, 0.25) is 0 Å². The Hall–Kier alpha value is -3.29. The standard InChI is InChI=1S/C21H19F2N3O3/c1-21(2,3)18-10-26-16(15-8-17(27)11(20(28)29)9-25(15)18)7-14(24-26)19-12(22)5-4-6-13(19)23/h4-9,18H,10H2,1-3H3,(H,28,29)/t18-/m0/s1. The first-order valence-corrected chi connectivity index (χ1v) is 9.10. The van der Waals surface area contributed by atoms with Crippen LogP contribution < -0.4 is 5.43 Å². The van der Waals surface area contributed by atoms with Crippen molar-refractivity contribution in [2.24, 2.45) is 5.41 Å². The second kappa shape index (κ2) is 6.37. The molecular formula is C21H19F2N3O3. The predicted octanol–water partition coefficient (Wildman–Crippen LogP) is 3.96. The number of carbonyl (C=O) groups is 1. The number of pyridine rings is 1. The van der Waals surface area contributed by atoms with E-state index >= 15 is 0 Å². The number of halogens is 2. The fourth-order valence-electron chi connectivity index (χ4n) is 3.74. The summed E-state index contributed by atoms with van der Waals surface area (Å²) in [7, 11) is 0. The van der Waals surface area contributed by atoms with Crippen molar-refractivity contribution in [2.75, 3.05) is 0 Å². The summed E-state index contributed by atoms with van der Waals surface area (Å²) >= 11 is 0. The minimum Gasteiger partial charge on any atom is -0.477 e. The van der Waals surface area contributed by atoms with Crippen molar-refractivity contribution in [1.82, 2.24) is 14.3 Å². The van der Waals surface area contributed by atoms with Gasteiger partial charge in [-0.25, -0.2) is 13.6 Å². The van der Waals surface area contributed by atoms with Gasteiger partial charge >= 0.3 is 5.97 Å². The molecule has 29 heavy (non-hydrogen) atoms. The maximum Gasteiger partial charge on any atom is 0.341 e. The zero-order valence-corrected chi connectivity index (χ0v) is 16.1. The molecule has 0 fully saturated rings. The second-order valence-electron chi connectivity index (χ2n) is 8.22. The highest BCUT2D eigenvalue weighted by atomic mass is 19.1. The average Bonchev–Trinajstić information content (AvgIpc) is 3.03. The molecule has 8 heteroatoms. The molecule has 0 spiro atoms. The molecule has 0 radical (unpaired) electrons. The summed E-state index contributed by atoms with van der Waals surface area (Å²) in [6.45, 7) is 6.34. The molecular weight excluding hydrogens is 380 g/mol. The molecule has 0 amide bonds. The van der Waals surface area contributed by atoms with Crippen LogP contribution in [0, 0.1) is 17.0 Å². The number of hydrogen-bond acceptors (Lipinski definition) is 3. The van der Waals surface area contributed by atoms with Gasteiger partial charge in [-0.3, -0.25) is 9.48 Å². The predicted molar refractivity (Wildman–Crippen MR) is 103 cm³/mol. The van der Waals surface area contributed by atoms with Crippen molar-refractivity contribution in [3.63, 3.8) is 0 Å². The number of aromatic carboxylic acids is 1. The van der Waals surface area contributed by atoms with Crippen LogP contribution in [0.25, 0.3) is 22.6 Å². The molecule has 1 aromatic carbocycles. The molecule has 6 nitrogen and oxygen atoms in total. The lowest BCUT2D eigenvalue weighted by molar-refractivity contribution is 0.0693. The van der Waals surface area contributed by atoms with Crippen molar-refractivity contribution < 1.29 is 18.7 Å². The van der Waals surface area contributed by atoms with Crippen LogP contribution in [0.15, 0.2) is 41.3 Å². The molecule has 1 aliphatic heterocycles. The maximum atomic E-state index is 14.3. The quantitative estimate of drug-likeness (QED) is 0.708. The fourth-order valence-corrected chi connectivity index (χ4v) is 3.74. The first-order valence-electron chi connectivity index (χ1n) is 9.10. The summed E-state index contributed by atoms with van der Waals surface area (Å²) in [5.41, 5.74) is -0.420. The third-order valence-electron chi connectivity index (χ3n) is 5.25. The zero-order valence-electron chi connectivity index (χ0n) is 16.1. The molecule has 1 N–H and O–H groups in total. The Kier molecular flexibility index (Phi) is 4.18. The van der Waals surface area contributed by atoms with E-state index in [4.69, 9.17) is 0 Å². The molecule has 150 valence electrons. The van der Waals surface area contributed by atoms with E-state index in [9.17, 15) is 23.5 Å². The van der Waals surface area contributed by atoms with E-state index in [0.717, 1.165) is 12.1 Å². The lowest BCUT2D eigenvalue weighted by Crippen LogP contribution is -2.35. The summed E-state index contributed by atoms with van der Waals surface area (Å²) in [4.78, 5) is 23.8. The number of carboxylic acids is 1. The van der Waals surface area contributed by atoms with Crippen molar-refractivity contribution in [1.29, 1.82) is 0 Å². The van der Waals surface area contributed by atoms with Gasteiger partial charge in [0.05, 0.1) is 35.2 Å². The lowest BCUT2D eigenvalue weighted by Gasteiger charge is -2.38. The van der Waals surface area contributed by atoms with Gasteiger partial charge in [-0.1, -0.05) is 26.8 Å². The topological polar surface area (TPSA) is 77.1 Å². The molecule has 1 atom stereocenters. The SMILES string of the molecule is CC(C)(C)[C@@H]1Cn2nc(-c3c(F)cccc3F)cc2-c2cc(=O)c(C(=O)O)cn21. The van der Waals surface area contributed by atoms with E-state index < -0.39 is 23.0 Å². The van der Waals surface area contributed by atoms with E-state index in [1.807, 2.05) is 20.8 Å². The Morgan fingerprint density at radius 3 is 2.41 bits per heavy atom. The Morgan fingerprint density at radius 1 is 1.17 bits per heavy atom. The Balaban J connectivity index is 1.98. The molecule has 0 aliphatic carbocycles. The van der Waals surface area contributed by atoms with Crippen LogP contribution in [0.2, 0.25) is 0 Å². The molecule has 1 aliphatic rings. The van der Waals surface area contributed by atoms with Crippen molar-refractivity contribution in [2.45, 2.75) is 33.4 Å². The maximum absolute atomic E-state index is 14.3. The van der Waals surface area contributed by atoms with E-state index in [0.29, 0.717) is 17.9 Å².